The lowest BCUT2D eigenvalue weighted by Crippen LogP contribution is -2.42. The third kappa shape index (κ3) is 7.98. The van der Waals surface area contributed by atoms with E-state index >= 15 is 0 Å². The molecule has 1 N–H and O–H groups in total. The van der Waals surface area contributed by atoms with Crippen molar-refractivity contribution in [3.63, 3.8) is 0 Å². The van der Waals surface area contributed by atoms with E-state index in [9.17, 15) is 41.2 Å². The molecule has 5 rings (SSSR count). The predicted octanol–water partition coefficient (Wildman–Crippen LogP) is 5.44. The van der Waals surface area contributed by atoms with E-state index in [0.29, 0.717) is 5.56 Å². The fraction of sp³-hybridized carbons (Fsp3) is 0.273. The topological polar surface area (TPSA) is 179 Å². The summed E-state index contributed by atoms with van der Waals surface area (Å²) in [4.78, 5) is 43.3. The van der Waals surface area contributed by atoms with Gasteiger partial charge in [-0.3, -0.25) is 9.59 Å². The zero-order chi connectivity index (χ0) is 38.0. The van der Waals surface area contributed by atoms with Crippen LogP contribution in [0.2, 0.25) is 0 Å². The highest BCUT2D eigenvalue weighted by molar-refractivity contribution is 7.90. The number of aryl methyl sites for hydroxylation is 1. The number of fused-ring (bicyclic) bond motifs is 1. The first kappa shape index (κ1) is 37.3. The van der Waals surface area contributed by atoms with Crippen LogP contribution in [0.15, 0.2) is 89.0 Å². The molecule has 0 saturated heterocycles. The van der Waals surface area contributed by atoms with Crippen LogP contribution in [0.5, 0.6) is 0 Å². The average molecular weight is 744 g/mol. The first-order valence-electron chi connectivity index (χ1n) is 15.6. The van der Waals surface area contributed by atoms with E-state index in [0.717, 1.165) is 38.4 Å². The van der Waals surface area contributed by atoms with Crippen molar-refractivity contribution in [2.45, 2.75) is 51.0 Å². The number of carbonyl (C=O) groups excluding carboxylic acids is 3. The Morgan fingerprint density at radius 1 is 1.00 bits per heavy atom. The molecule has 52 heavy (non-hydrogen) atoms. The van der Waals surface area contributed by atoms with E-state index in [4.69, 9.17) is 9.57 Å². The van der Waals surface area contributed by atoms with Gasteiger partial charge in [0.25, 0.3) is 21.8 Å². The Morgan fingerprint density at radius 3 is 2.15 bits per heavy atom. The van der Waals surface area contributed by atoms with Gasteiger partial charge in [0, 0.05) is 5.56 Å². The second kappa shape index (κ2) is 14.7. The predicted molar refractivity (Wildman–Crippen MR) is 176 cm³/mol. The molecule has 0 fully saturated rings. The molecule has 0 spiro atoms. The van der Waals surface area contributed by atoms with E-state index in [2.05, 4.69) is 10.4 Å². The van der Waals surface area contributed by atoms with Gasteiger partial charge < -0.3 is 14.8 Å². The molecular weight excluding hydrogens is 711 g/mol. The van der Waals surface area contributed by atoms with E-state index in [1.165, 1.54) is 31.2 Å². The van der Waals surface area contributed by atoms with Crippen LogP contribution in [-0.4, -0.2) is 76.4 Å². The Bertz CT molecular complexity index is 2080. The third-order valence-electron chi connectivity index (χ3n) is 7.78. The van der Waals surface area contributed by atoms with Crippen LogP contribution in [0.4, 0.5) is 18.0 Å². The van der Waals surface area contributed by atoms with Crippen molar-refractivity contribution in [1.29, 1.82) is 0 Å². The summed E-state index contributed by atoms with van der Waals surface area (Å²) in [6.45, 7) is 5.64. The zero-order valence-electron chi connectivity index (χ0n) is 28.1. The highest BCUT2D eigenvalue weighted by atomic mass is 32.2. The molecule has 0 bridgehead atoms. The van der Waals surface area contributed by atoms with Gasteiger partial charge in [-0.25, -0.2) is 27.5 Å². The lowest BCUT2D eigenvalue weighted by molar-refractivity contribution is -0.718. The molecule has 2 heterocycles. The quantitative estimate of drug-likeness (QED) is 0.0850. The number of aromatic nitrogens is 2. The fourth-order valence-electron chi connectivity index (χ4n) is 5.12. The standard InChI is InChI=1S/C33H32F3N7O8S/c1-20(2)40(43(47)39-51-22(4)41-30(44)26-7-5-6-8-27(26)31(41)45)17-18-50-32(46)38-52(48,49)25-15-13-24(14-16-25)42-28(19-29(37-42)33(34,35)36)23-11-9-21(3)10-12-23/h5-16,19-20,22H,17-18H2,1-4H3,(H,38,46)/b43-39-. The van der Waals surface area contributed by atoms with Crippen molar-refractivity contribution in [2.75, 3.05) is 13.2 Å². The maximum absolute atomic E-state index is 13.5. The highest BCUT2D eigenvalue weighted by Gasteiger charge is 2.40. The van der Waals surface area contributed by atoms with Crippen molar-refractivity contribution in [2.24, 2.45) is 5.28 Å². The number of hydrogen-bond acceptors (Lipinski definition) is 10. The minimum atomic E-state index is -4.73. The van der Waals surface area contributed by atoms with Crippen LogP contribution < -0.4 is 4.72 Å². The molecule has 3 amide bonds. The highest BCUT2D eigenvalue weighted by Crippen LogP contribution is 2.33. The number of carbonyl (C=O) groups is 3. The molecule has 15 nitrogen and oxygen atoms in total. The number of imide groups is 1. The number of amides is 3. The summed E-state index contributed by atoms with van der Waals surface area (Å²) in [6.07, 6.45) is -7.35. The fourth-order valence-corrected chi connectivity index (χ4v) is 6.02. The van der Waals surface area contributed by atoms with Crippen molar-refractivity contribution < 1.29 is 50.5 Å². The van der Waals surface area contributed by atoms with Crippen LogP contribution >= 0.6 is 0 Å². The molecule has 0 radical (unpaired) electrons. The number of halogens is 3. The van der Waals surface area contributed by atoms with Crippen LogP contribution in [0, 0.1) is 12.1 Å². The van der Waals surface area contributed by atoms with Gasteiger partial charge in [-0.05, 0) is 70.2 Å². The average Bonchev–Trinajstić information content (AvgIpc) is 3.65. The lowest BCUT2D eigenvalue weighted by Gasteiger charge is -2.23. The zero-order valence-corrected chi connectivity index (χ0v) is 28.9. The molecule has 1 unspecified atom stereocenters. The molecule has 274 valence electrons. The van der Waals surface area contributed by atoms with Crippen molar-refractivity contribution >= 4 is 27.9 Å². The number of benzene rings is 3. The molecule has 1 atom stereocenters. The molecule has 4 aromatic rings. The smallest absolute Gasteiger partial charge is 0.435 e. The van der Waals surface area contributed by atoms with Gasteiger partial charge in [0.15, 0.2) is 5.69 Å². The summed E-state index contributed by atoms with van der Waals surface area (Å²) in [7, 11) is -4.50. The first-order chi connectivity index (χ1) is 24.5. The third-order valence-corrected chi connectivity index (χ3v) is 9.11. The summed E-state index contributed by atoms with van der Waals surface area (Å²) in [5.74, 6) is -1.23. The Hall–Kier alpha value is -5.98. The minimum Gasteiger partial charge on any atom is -0.569 e. The number of alkyl halides is 3. The summed E-state index contributed by atoms with van der Waals surface area (Å²) in [5, 5.41) is 20.9. The normalized spacial score (nSPS) is 14.0. The van der Waals surface area contributed by atoms with Gasteiger partial charge in [-0.15, -0.1) is 5.01 Å². The second-order valence-corrected chi connectivity index (χ2v) is 13.4. The molecule has 1 aromatic heterocycles. The Kier molecular flexibility index (Phi) is 10.5. The van der Waals surface area contributed by atoms with Crippen LogP contribution in [0.3, 0.4) is 0 Å². The number of nitrogens with zero attached hydrogens (tertiary/aromatic N) is 6. The first-order valence-corrected chi connectivity index (χ1v) is 17.1. The Morgan fingerprint density at radius 2 is 1.60 bits per heavy atom. The van der Waals surface area contributed by atoms with E-state index in [-0.39, 0.29) is 34.0 Å². The van der Waals surface area contributed by atoms with E-state index in [1.54, 1.807) is 55.0 Å². The monoisotopic (exact) mass is 743 g/mol. The lowest BCUT2D eigenvalue weighted by atomic mass is 10.1. The number of sulfonamides is 1. The molecule has 0 saturated carbocycles. The van der Waals surface area contributed by atoms with Gasteiger partial charge in [0.2, 0.25) is 11.5 Å². The van der Waals surface area contributed by atoms with Crippen LogP contribution in [0.1, 0.15) is 52.7 Å². The van der Waals surface area contributed by atoms with Gasteiger partial charge in [-0.2, -0.15) is 18.3 Å². The van der Waals surface area contributed by atoms with Gasteiger partial charge in [0.1, 0.15) is 13.2 Å². The van der Waals surface area contributed by atoms with Crippen molar-refractivity contribution in [3.8, 4) is 16.9 Å². The number of ether oxygens (including phenoxy) is 1. The van der Waals surface area contributed by atoms with Gasteiger partial charge in [0.05, 0.1) is 38.4 Å². The number of hydrazine groups is 1. The van der Waals surface area contributed by atoms with Crippen LogP contribution in [0.25, 0.3) is 16.9 Å². The largest absolute Gasteiger partial charge is 0.569 e. The number of hydrogen-bond donors (Lipinski definition) is 1. The number of rotatable bonds is 12. The Balaban J connectivity index is 1.19. The van der Waals surface area contributed by atoms with Crippen LogP contribution in [-0.2, 0) is 25.8 Å². The molecule has 3 aromatic carbocycles. The molecule has 1 aliphatic heterocycles. The van der Waals surface area contributed by atoms with Gasteiger partial charge >= 0.3 is 12.3 Å². The number of nitrogens with one attached hydrogen (secondary N) is 1. The minimum absolute atomic E-state index is 0.0421. The molecule has 19 heteroatoms. The summed E-state index contributed by atoms with van der Waals surface area (Å²) < 4.78 is 74.2. The van der Waals surface area contributed by atoms with Crippen molar-refractivity contribution in [3.05, 3.63) is 106 Å². The van der Waals surface area contributed by atoms with Gasteiger partial charge in [-0.1, -0.05) is 42.0 Å². The maximum Gasteiger partial charge on any atom is 0.435 e. The van der Waals surface area contributed by atoms with Crippen molar-refractivity contribution in [1.82, 2.24) is 24.4 Å². The van der Waals surface area contributed by atoms with E-state index < -0.39 is 63.6 Å². The summed E-state index contributed by atoms with van der Waals surface area (Å²) in [5.41, 5.74) is 0.810. The molecule has 0 aliphatic carbocycles. The molecular formula is C33H32F3N7O8S. The second-order valence-electron chi connectivity index (χ2n) is 11.7. The van der Waals surface area contributed by atoms with E-state index in [1.807, 2.05) is 6.92 Å². The Labute approximate surface area is 295 Å². The maximum atomic E-state index is 13.5. The SMILES string of the molecule is Cc1ccc(-c2cc(C(F)(F)F)nn2-c2ccc(S(=O)(=O)NC(=O)OCCN(C(C)C)/[N+]([O-])=N/OC(C)N3C(=O)c4ccccc4C3=O)cc2)cc1. The summed E-state index contributed by atoms with van der Waals surface area (Å²) >= 11 is 0. The molecule has 1 aliphatic rings. The summed E-state index contributed by atoms with van der Waals surface area (Å²) in [6, 6.07) is 17.9.